The zero-order chi connectivity index (χ0) is 19.6. The topological polar surface area (TPSA) is 0 Å². The van der Waals surface area contributed by atoms with Gasteiger partial charge in [-0.1, -0.05) is 59.7 Å². The summed E-state index contributed by atoms with van der Waals surface area (Å²) in [6.45, 7) is 3.27. The molecule has 1 aliphatic carbocycles. The second-order valence-corrected chi connectivity index (χ2v) is 6.48. The van der Waals surface area contributed by atoms with Crippen LogP contribution >= 0.6 is 0 Å². The van der Waals surface area contributed by atoms with Crippen LogP contribution in [-0.4, -0.2) is 12.4 Å². The van der Waals surface area contributed by atoms with Crippen molar-refractivity contribution < 1.29 is 26.3 Å². The Hall–Kier alpha value is -1.98. The molecule has 2 rings (SSSR count). The zero-order valence-electron chi connectivity index (χ0n) is 14.5. The Kier molecular flexibility index (Phi) is 5.73. The van der Waals surface area contributed by atoms with Gasteiger partial charge < -0.3 is 0 Å². The van der Waals surface area contributed by atoms with Gasteiger partial charge in [0.25, 0.3) is 0 Å². The molecular formula is C20H20F6. The minimum atomic E-state index is -5.54. The van der Waals surface area contributed by atoms with Crippen molar-refractivity contribution in [1.29, 1.82) is 0 Å². The predicted octanol–water partition coefficient (Wildman–Crippen LogP) is 6.97. The highest BCUT2D eigenvalue weighted by atomic mass is 19.4. The molecule has 1 aromatic carbocycles. The van der Waals surface area contributed by atoms with Crippen LogP contribution in [0.25, 0.3) is 0 Å². The fraction of sp³-hybridized carbons (Fsp3) is 0.400. The highest BCUT2D eigenvalue weighted by molar-refractivity contribution is 5.48. The third-order valence-corrected chi connectivity index (χ3v) is 4.53. The number of benzene rings is 1. The molecule has 0 unspecified atom stereocenters. The van der Waals surface area contributed by atoms with Gasteiger partial charge in [-0.2, -0.15) is 26.3 Å². The Bertz CT molecular complexity index is 700. The predicted molar refractivity (Wildman–Crippen MR) is 89.8 cm³/mol. The first kappa shape index (κ1) is 20.3. The minimum absolute atomic E-state index is 0.142. The SMILES string of the molecule is CC1=CCCC/C=C(\C(c2ccc(C)cc2)(C(F)(F)F)C(F)(F)F)C=C1. The highest BCUT2D eigenvalue weighted by Gasteiger charge is 2.72. The van der Waals surface area contributed by atoms with Gasteiger partial charge >= 0.3 is 12.4 Å². The highest BCUT2D eigenvalue weighted by Crippen LogP contribution is 2.57. The third kappa shape index (κ3) is 3.74. The zero-order valence-corrected chi connectivity index (χ0v) is 14.5. The van der Waals surface area contributed by atoms with E-state index < -0.39 is 28.9 Å². The smallest absolute Gasteiger partial charge is 0.169 e. The molecule has 26 heavy (non-hydrogen) atoms. The maximum Gasteiger partial charge on any atom is 0.411 e. The molecule has 0 aliphatic heterocycles. The summed E-state index contributed by atoms with van der Waals surface area (Å²) in [4.78, 5) is 0. The minimum Gasteiger partial charge on any atom is -0.169 e. The fourth-order valence-electron chi connectivity index (χ4n) is 3.13. The normalized spacial score (nSPS) is 19.1. The van der Waals surface area contributed by atoms with Crippen LogP contribution in [0.3, 0.4) is 0 Å². The first-order valence-electron chi connectivity index (χ1n) is 8.26. The average molecular weight is 374 g/mol. The standard InChI is InChI=1S/C20H20F6/c1-14-6-4-3-5-7-16(11-8-14)18(19(21,22)23,20(24,25)26)17-12-9-15(2)10-13-17/h6-13H,3-5H2,1-2H3/b11-8?,14-6?,16-7-. The molecule has 0 fully saturated rings. The summed E-state index contributed by atoms with van der Waals surface area (Å²) in [6, 6.07) is 4.37. The van der Waals surface area contributed by atoms with E-state index in [9.17, 15) is 26.3 Å². The maximum absolute atomic E-state index is 14.1. The molecule has 1 aliphatic rings. The summed E-state index contributed by atoms with van der Waals surface area (Å²) in [5.74, 6) is 0. The van der Waals surface area contributed by atoms with Gasteiger partial charge in [-0.3, -0.25) is 0 Å². The van der Waals surface area contributed by atoms with E-state index in [0.29, 0.717) is 24.0 Å². The van der Waals surface area contributed by atoms with Gasteiger partial charge in [0.2, 0.25) is 5.41 Å². The van der Waals surface area contributed by atoms with Gasteiger partial charge in [0.15, 0.2) is 0 Å². The molecule has 0 N–H and O–H groups in total. The molecule has 0 saturated heterocycles. The van der Waals surface area contributed by atoms with E-state index in [0.717, 1.165) is 24.3 Å². The molecule has 0 amide bonds. The second-order valence-electron chi connectivity index (χ2n) is 6.48. The molecule has 0 saturated carbocycles. The Labute approximate surface area is 148 Å². The van der Waals surface area contributed by atoms with Crippen LogP contribution in [0.4, 0.5) is 26.3 Å². The lowest BCUT2D eigenvalue weighted by molar-refractivity contribution is -0.289. The van der Waals surface area contributed by atoms with Crippen molar-refractivity contribution in [2.75, 3.05) is 0 Å². The number of halogens is 6. The monoisotopic (exact) mass is 374 g/mol. The number of rotatable bonds is 2. The van der Waals surface area contributed by atoms with Crippen LogP contribution in [-0.2, 0) is 5.41 Å². The van der Waals surface area contributed by atoms with E-state index >= 15 is 0 Å². The van der Waals surface area contributed by atoms with Crippen molar-refractivity contribution >= 4 is 0 Å². The van der Waals surface area contributed by atoms with Crippen LogP contribution in [0, 0.1) is 6.92 Å². The van der Waals surface area contributed by atoms with Gasteiger partial charge in [0, 0.05) is 0 Å². The summed E-state index contributed by atoms with van der Waals surface area (Å²) >= 11 is 0. The van der Waals surface area contributed by atoms with Crippen molar-refractivity contribution in [2.24, 2.45) is 0 Å². The van der Waals surface area contributed by atoms with Gasteiger partial charge in [-0.05, 0) is 44.2 Å². The van der Waals surface area contributed by atoms with Gasteiger partial charge in [0.1, 0.15) is 0 Å². The third-order valence-electron chi connectivity index (χ3n) is 4.53. The van der Waals surface area contributed by atoms with E-state index in [1.807, 2.05) is 6.08 Å². The number of aryl methyl sites for hydroxylation is 1. The Morgan fingerprint density at radius 2 is 1.27 bits per heavy atom. The number of hydrogen-bond acceptors (Lipinski definition) is 0. The second kappa shape index (κ2) is 7.33. The lowest BCUT2D eigenvalue weighted by Gasteiger charge is -2.39. The summed E-state index contributed by atoms with van der Waals surface area (Å²) in [6.07, 6.45) is -4.69. The van der Waals surface area contributed by atoms with Gasteiger partial charge in [-0.25, -0.2) is 0 Å². The van der Waals surface area contributed by atoms with Crippen molar-refractivity contribution in [1.82, 2.24) is 0 Å². The summed E-state index contributed by atoms with van der Waals surface area (Å²) in [7, 11) is 0. The van der Waals surface area contributed by atoms with Crippen LogP contribution in [0.1, 0.15) is 37.3 Å². The molecule has 0 nitrogen and oxygen atoms in total. The quantitative estimate of drug-likeness (QED) is 0.490. The number of allylic oxidation sites excluding steroid dienone is 6. The largest absolute Gasteiger partial charge is 0.411 e. The van der Waals surface area contributed by atoms with Crippen LogP contribution in [0.5, 0.6) is 0 Å². The molecular weight excluding hydrogens is 354 g/mol. The fourth-order valence-corrected chi connectivity index (χ4v) is 3.13. The molecule has 0 atom stereocenters. The van der Waals surface area contributed by atoms with E-state index in [4.69, 9.17) is 0 Å². The van der Waals surface area contributed by atoms with E-state index in [1.165, 1.54) is 18.2 Å². The number of alkyl halides is 6. The molecule has 0 heterocycles. The van der Waals surface area contributed by atoms with Crippen molar-refractivity contribution in [2.45, 2.75) is 50.9 Å². The first-order chi connectivity index (χ1) is 12.0. The maximum atomic E-state index is 14.1. The van der Waals surface area contributed by atoms with E-state index in [1.54, 1.807) is 13.8 Å². The van der Waals surface area contributed by atoms with E-state index in [2.05, 4.69) is 0 Å². The molecule has 0 spiro atoms. The average Bonchev–Trinajstić information content (AvgIpc) is 2.60. The van der Waals surface area contributed by atoms with Crippen LogP contribution in [0.15, 0.2) is 59.7 Å². The van der Waals surface area contributed by atoms with Gasteiger partial charge in [0.05, 0.1) is 0 Å². The van der Waals surface area contributed by atoms with Crippen LogP contribution < -0.4 is 0 Å². The summed E-state index contributed by atoms with van der Waals surface area (Å²) in [5, 5.41) is 0. The first-order valence-corrected chi connectivity index (χ1v) is 8.26. The molecule has 142 valence electrons. The van der Waals surface area contributed by atoms with Crippen molar-refractivity contribution in [3.63, 3.8) is 0 Å². The molecule has 0 aromatic heterocycles. The van der Waals surface area contributed by atoms with Crippen LogP contribution in [0.2, 0.25) is 0 Å². The van der Waals surface area contributed by atoms with Crippen molar-refractivity contribution in [3.8, 4) is 0 Å². The number of hydrogen-bond donors (Lipinski definition) is 0. The molecule has 6 heteroatoms. The summed E-state index contributed by atoms with van der Waals surface area (Å²) in [5.41, 5.74) is -4.44. The van der Waals surface area contributed by atoms with Gasteiger partial charge in [-0.15, -0.1) is 0 Å². The Morgan fingerprint density at radius 1 is 0.731 bits per heavy atom. The Morgan fingerprint density at radius 3 is 1.81 bits per heavy atom. The molecule has 0 bridgehead atoms. The summed E-state index contributed by atoms with van der Waals surface area (Å²) < 4.78 is 84.4. The molecule has 0 radical (unpaired) electrons. The lowest BCUT2D eigenvalue weighted by Crippen LogP contribution is -2.55. The Balaban J connectivity index is 2.82. The lowest BCUT2D eigenvalue weighted by atomic mass is 9.71. The molecule has 1 aromatic rings. The van der Waals surface area contributed by atoms with E-state index in [-0.39, 0.29) is 6.42 Å². The van der Waals surface area contributed by atoms with Crippen molar-refractivity contribution in [3.05, 3.63) is 70.8 Å².